The zero-order valence-corrected chi connectivity index (χ0v) is 8.75. The topological polar surface area (TPSA) is 26.0 Å². The van der Waals surface area contributed by atoms with Gasteiger partial charge in [-0.15, -0.1) is 0 Å². The van der Waals surface area contributed by atoms with E-state index in [9.17, 15) is 0 Å². The standard InChI is InChI=1S/C12H19N/c1-4-12(2,3)11(13)10-8-6-5-7-9-10/h5-9,11H,4,13H2,1-3H3. The lowest BCUT2D eigenvalue weighted by Gasteiger charge is -2.30. The van der Waals surface area contributed by atoms with E-state index >= 15 is 0 Å². The molecule has 0 saturated heterocycles. The second-order valence-corrected chi connectivity index (χ2v) is 4.23. The zero-order chi connectivity index (χ0) is 9.90. The van der Waals surface area contributed by atoms with E-state index in [-0.39, 0.29) is 11.5 Å². The monoisotopic (exact) mass is 177 g/mol. The molecule has 1 nitrogen and oxygen atoms in total. The van der Waals surface area contributed by atoms with Crippen LogP contribution in [0.4, 0.5) is 0 Å². The van der Waals surface area contributed by atoms with Gasteiger partial charge in [0.1, 0.15) is 0 Å². The molecular weight excluding hydrogens is 158 g/mol. The van der Waals surface area contributed by atoms with Gasteiger partial charge in [-0.05, 0) is 17.4 Å². The molecule has 0 bridgehead atoms. The van der Waals surface area contributed by atoms with Gasteiger partial charge in [-0.1, -0.05) is 51.1 Å². The molecule has 1 aromatic carbocycles. The van der Waals surface area contributed by atoms with Gasteiger partial charge in [0.2, 0.25) is 0 Å². The van der Waals surface area contributed by atoms with Crippen molar-refractivity contribution in [2.24, 2.45) is 11.1 Å². The lowest BCUT2D eigenvalue weighted by Crippen LogP contribution is -2.28. The van der Waals surface area contributed by atoms with Crippen molar-refractivity contribution in [3.63, 3.8) is 0 Å². The molecule has 0 aliphatic carbocycles. The van der Waals surface area contributed by atoms with E-state index in [1.165, 1.54) is 5.56 Å². The van der Waals surface area contributed by atoms with Crippen molar-refractivity contribution < 1.29 is 0 Å². The van der Waals surface area contributed by atoms with Gasteiger partial charge in [0, 0.05) is 6.04 Å². The average molecular weight is 177 g/mol. The first-order valence-electron chi connectivity index (χ1n) is 4.88. The highest BCUT2D eigenvalue weighted by atomic mass is 14.7. The number of benzene rings is 1. The van der Waals surface area contributed by atoms with Crippen molar-refractivity contribution >= 4 is 0 Å². The van der Waals surface area contributed by atoms with Crippen LogP contribution in [0.15, 0.2) is 30.3 Å². The Hall–Kier alpha value is -0.820. The molecule has 13 heavy (non-hydrogen) atoms. The highest BCUT2D eigenvalue weighted by molar-refractivity contribution is 5.20. The molecule has 0 heterocycles. The first-order chi connectivity index (χ1) is 6.08. The van der Waals surface area contributed by atoms with Crippen molar-refractivity contribution in [2.45, 2.75) is 33.2 Å². The summed E-state index contributed by atoms with van der Waals surface area (Å²) in [7, 11) is 0. The molecule has 0 fully saturated rings. The highest BCUT2D eigenvalue weighted by Gasteiger charge is 2.25. The minimum atomic E-state index is 0.138. The molecule has 2 N–H and O–H groups in total. The van der Waals surface area contributed by atoms with Crippen LogP contribution in [-0.2, 0) is 0 Å². The summed E-state index contributed by atoms with van der Waals surface area (Å²) < 4.78 is 0. The van der Waals surface area contributed by atoms with Crippen LogP contribution in [0.25, 0.3) is 0 Å². The molecule has 1 unspecified atom stereocenters. The third kappa shape index (κ3) is 2.31. The molecule has 0 saturated carbocycles. The summed E-state index contributed by atoms with van der Waals surface area (Å²) in [4.78, 5) is 0. The van der Waals surface area contributed by atoms with Crippen molar-refractivity contribution in [3.8, 4) is 0 Å². The van der Waals surface area contributed by atoms with Gasteiger partial charge in [0.05, 0.1) is 0 Å². The maximum atomic E-state index is 6.18. The molecule has 1 atom stereocenters. The molecule has 1 aromatic rings. The van der Waals surface area contributed by atoms with Crippen molar-refractivity contribution in [3.05, 3.63) is 35.9 Å². The third-order valence-corrected chi connectivity index (χ3v) is 2.91. The molecule has 0 aromatic heterocycles. The Morgan fingerprint density at radius 1 is 1.23 bits per heavy atom. The SMILES string of the molecule is CCC(C)(C)C(N)c1ccccc1. The second kappa shape index (κ2) is 3.93. The Balaban J connectivity index is 2.85. The maximum Gasteiger partial charge on any atom is 0.0346 e. The molecule has 0 spiro atoms. The summed E-state index contributed by atoms with van der Waals surface area (Å²) in [6.45, 7) is 6.61. The second-order valence-electron chi connectivity index (χ2n) is 4.23. The van der Waals surface area contributed by atoms with Crippen LogP contribution in [-0.4, -0.2) is 0 Å². The first kappa shape index (κ1) is 10.3. The van der Waals surface area contributed by atoms with E-state index in [4.69, 9.17) is 5.73 Å². The Morgan fingerprint density at radius 3 is 2.23 bits per heavy atom. The van der Waals surface area contributed by atoms with Gasteiger partial charge in [-0.3, -0.25) is 0 Å². The van der Waals surface area contributed by atoms with Gasteiger partial charge < -0.3 is 5.73 Å². The minimum Gasteiger partial charge on any atom is -0.324 e. The Morgan fingerprint density at radius 2 is 1.77 bits per heavy atom. The first-order valence-corrected chi connectivity index (χ1v) is 4.88. The average Bonchev–Trinajstić information content (AvgIpc) is 2.18. The lowest BCUT2D eigenvalue weighted by molar-refractivity contribution is 0.278. The molecule has 0 aliphatic rings. The predicted octanol–water partition coefficient (Wildman–Crippen LogP) is 3.12. The van der Waals surface area contributed by atoms with Crippen molar-refractivity contribution in [1.29, 1.82) is 0 Å². The lowest BCUT2D eigenvalue weighted by atomic mass is 9.79. The summed E-state index contributed by atoms with van der Waals surface area (Å²) in [5.74, 6) is 0. The molecule has 0 radical (unpaired) electrons. The predicted molar refractivity (Wildman–Crippen MR) is 57.4 cm³/mol. The summed E-state index contributed by atoms with van der Waals surface area (Å²) in [6, 6.07) is 10.4. The smallest absolute Gasteiger partial charge is 0.0346 e. The van der Waals surface area contributed by atoms with Crippen LogP contribution in [0.1, 0.15) is 38.8 Å². The van der Waals surface area contributed by atoms with Gasteiger partial charge in [0.15, 0.2) is 0 Å². The Bertz CT molecular complexity index is 251. The van der Waals surface area contributed by atoms with E-state index in [1.54, 1.807) is 0 Å². The number of nitrogens with two attached hydrogens (primary N) is 1. The summed E-state index contributed by atoms with van der Waals surface area (Å²) >= 11 is 0. The van der Waals surface area contributed by atoms with Crippen LogP contribution in [0, 0.1) is 5.41 Å². The number of hydrogen-bond donors (Lipinski definition) is 1. The van der Waals surface area contributed by atoms with Gasteiger partial charge >= 0.3 is 0 Å². The zero-order valence-electron chi connectivity index (χ0n) is 8.75. The normalized spacial score (nSPS) is 14.2. The van der Waals surface area contributed by atoms with Crippen LogP contribution in [0.3, 0.4) is 0 Å². The van der Waals surface area contributed by atoms with Crippen LogP contribution >= 0.6 is 0 Å². The quantitative estimate of drug-likeness (QED) is 0.754. The fourth-order valence-corrected chi connectivity index (χ4v) is 1.33. The van der Waals surface area contributed by atoms with Crippen LogP contribution < -0.4 is 5.73 Å². The summed E-state index contributed by atoms with van der Waals surface area (Å²) in [6.07, 6.45) is 1.10. The highest BCUT2D eigenvalue weighted by Crippen LogP contribution is 2.33. The van der Waals surface area contributed by atoms with E-state index < -0.39 is 0 Å². The van der Waals surface area contributed by atoms with E-state index in [2.05, 4.69) is 32.9 Å². The molecule has 0 aliphatic heterocycles. The van der Waals surface area contributed by atoms with Crippen molar-refractivity contribution in [2.75, 3.05) is 0 Å². The van der Waals surface area contributed by atoms with E-state index in [0.717, 1.165) is 6.42 Å². The molecular formula is C12H19N. The molecule has 0 amide bonds. The fraction of sp³-hybridized carbons (Fsp3) is 0.500. The molecule has 72 valence electrons. The number of rotatable bonds is 3. The Kier molecular flexibility index (Phi) is 3.10. The van der Waals surface area contributed by atoms with Gasteiger partial charge in [-0.25, -0.2) is 0 Å². The molecule has 1 rings (SSSR count). The Labute approximate surface area is 81.0 Å². The van der Waals surface area contributed by atoms with Crippen LogP contribution in [0.5, 0.6) is 0 Å². The third-order valence-electron chi connectivity index (χ3n) is 2.91. The fourth-order valence-electron chi connectivity index (χ4n) is 1.33. The number of hydrogen-bond acceptors (Lipinski definition) is 1. The van der Waals surface area contributed by atoms with Gasteiger partial charge in [-0.2, -0.15) is 0 Å². The van der Waals surface area contributed by atoms with Gasteiger partial charge in [0.25, 0.3) is 0 Å². The van der Waals surface area contributed by atoms with Crippen LogP contribution in [0.2, 0.25) is 0 Å². The minimum absolute atomic E-state index is 0.138. The summed E-state index contributed by atoms with van der Waals surface area (Å²) in [5.41, 5.74) is 7.60. The van der Waals surface area contributed by atoms with E-state index in [1.807, 2.05) is 18.2 Å². The molecule has 1 heteroatoms. The largest absolute Gasteiger partial charge is 0.324 e. The van der Waals surface area contributed by atoms with Crippen molar-refractivity contribution in [1.82, 2.24) is 0 Å². The summed E-state index contributed by atoms with van der Waals surface area (Å²) in [5, 5.41) is 0. The van der Waals surface area contributed by atoms with E-state index in [0.29, 0.717) is 0 Å². The maximum absolute atomic E-state index is 6.18.